The van der Waals surface area contributed by atoms with E-state index in [2.05, 4.69) is 121 Å². The number of nitrogens with two attached hydrogens (primary N) is 2. The lowest BCUT2D eigenvalue weighted by Gasteiger charge is -2.37. The van der Waals surface area contributed by atoms with Crippen LogP contribution in [0.3, 0.4) is 0 Å². The quantitative estimate of drug-likeness (QED) is 0.0910. The van der Waals surface area contributed by atoms with Crippen molar-refractivity contribution in [2.75, 3.05) is 123 Å². The van der Waals surface area contributed by atoms with Crippen molar-refractivity contribution in [2.24, 2.45) is 12.0 Å². The molecule has 25 heterocycles. The highest BCUT2D eigenvalue weighted by molar-refractivity contribution is 5.99. The molecule has 17 aromatic heterocycles. The Labute approximate surface area is 805 Å². The number of ether oxygens (including phenoxy) is 5. The standard InChI is InChI=1S/2C22H21N5O2.C20H20N6O3.C20H19N5O2.C19H18N6O2/c1-13(27-16-4-5-17(27)12-28-11-16)15-3-7-21-24-9-19(26(21)10-15)14-2-6-20-18(8-14)25-22(23)29-20;1-13-17-6-23-7-19(17)18(8-24-13)14-2-5-21-25-9-20(26(21)10-14)22(28)27-15-3-4-16(27)12-29-11-15;27-6-3-26-17-11-21-9-15(16(17)10-23-26)14-1-2-19-22-12-18(25(19)13-14)20(28)24-4-7-29-8-5-24;1-13(24-6-8-26-9-7-24)15-3-5-19-22-11-17(25(19)12-15)14-2-4-18-16(10-14)23-20(21)27-18;1-23-16-10-20-8-14(15(16)9-22-23)13-2-3-18-21-11-17(25(18)12-13)19(26)24-4-6-27-7-5-24/h2-3,6-10,16-17H,1,4-5,11-12H2,(H2,23,25);2,5,7-10,15-16H,3-4,6,11-12H2,1H3;1-2,9-13,27H,3-8H2;2-5,10-12H,1,6-9H2,(H2,21,23);2-3,8-12H,4-7H2,1H3. The number of pyridine rings is 8. The summed E-state index contributed by atoms with van der Waals surface area (Å²) < 4.78 is 51.5. The first-order chi connectivity index (χ1) is 69.0. The van der Waals surface area contributed by atoms with Gasteiger partial charge in [0.1, 0.15) is 56.4 Å². The Bertz CT molecular complexity index is 8080. The number of fused-ring (bicyclic) bond motifs is 14. The van der Waals surface area contributed by atoms with Crippen LogP contribution in [0.25, 0.3) is 140 Å². The number of oxazole rings is 2. The van der Waals surface area contributed by atoms with Gasteiger partial charge in [0.15, 0.2) is 11.2 Å². The number of aliphatic imine (C=N–C) groups is 1. The van der Waals surface area contributed by atoms with Gasteiger partial charge in [-0.1, -0.05) is 13.2 Å². The zero-order chi connectivity index (χ0) is 95.6. The molecular formula is C103H99N27O11. The number of morpholine rings is 5. The van der Waals surface area contributed by atoms with E-state index in [0.717, 1.165) is 197 Å². The summed E-state index contributed by atoms with van der Waals surface area (Å²) in [5.74, 6) is -0.0371. The Balaban J connectivity index is 0.0000000982. The van der Waals surface area contributed by atoms with Crippen LogP contribution < -0.4 is 11.5 Å². The molecule has 0 spiro atoms. The second kappa shape index (κ2) is 37.6. The molecule has 38 heteroatoms. The maximum absolute atomic E-state index is 13.4. The molecule has 5 N–H and O–H groups in total. The summed E-state index contributed by atoms with van der Waals surface area (Å²) in [7, 11) is 1.89. The van der Waals surface area contributed by atoms with Gasteiger partial charge in [0.2, 0.25) is 0 Å². The van der Waals surface area contributed by atoms with Gasteiger partial charge in [-0.2, -0.15) is 20.2 Å². The minimum atomic E-state index is -0.0509. The summed E-state index contributed by atoms with van der Waals surface area (Å²) >= 11 is 0. The summed E-state index contributed by atoms with van der Waals surface area (Å²) in [5, 5.41) is 19.9. The Morgan fingerprint density at radius 1 is 0.433 bits per heavy atom. The molecule has 27 rings (SSSR count). The largest absolute Gasteiger partial charge is 0.424 e. The molecule has 4 atom stereocenters. The molecule has 0 aliphatic carbocycles. The van der Waals surface area contributed by atoms with Crippen LogP contribution in [0.15, 0.2) is 229 Å². The highest BCUT2D eigenvalue weighted by Gasteiger charge is 2.42. The zero-order valence-corrected chi connectivity index (χ0v) is 77.5. The summed E-state index contributed by atoms with van der Waals surface area (Å²) in [6.07, 6.45) is 37.7. The summed E-state index contributed by atoms with van der Waals surface area (Å²) in [4.78, 5) is 98.1. The summed E-state index contributed by atoms with van der Waals surface area (Å²) in [6.45, 7) is 22.5. The fourth-order valence-electron chi connectivity index (χ4n) is 20.3. The van der Waals surface area contributed by atoms with E-state index < -0.39 is 0 Å². The van der Waals surface area contributed by atoms with Crippen molar-refractivity contribution in [3.63, 3.8) is 0 Å². The first-order valence-corrected chi connectivity index (χ1v) is 47.1. The number of amides is 3. The molecule has 4 bridgehead atoms. The van der Waals surface area contributed by atoms with Crippen molar-refractivity contribution in [1.82, 2.24) is 116 Å². The Kier molecular flexibility index (Phi) is 23.6. The number of aliphatic hydroxyl groups is 1. The number of hydrogen-bond donors (Lipinski definition) is 3. The van der Waals surface area contributed by atoms with E-state index in [1.165, 1.54) is 18.4 Å². The molecule has 712 valence electrons. The van der Waals surface area contributed by atoms with Gasteiger partial charge in [-0.25, -0.2) is 24.9 Å². The summed E-state index contributed by atoms with van der Waals surface area (Å²) in [5.41, 5.74) is 38.9. The van der Waals surface area contributed by atoms with Gasteiger partial charge in [-0.15, -0.1) is 0 Å². The molecule has 8 aliphatic heterocycles. The van der Waals surface area contributed by atoms with Gasteiger partial charge < -0.3 is 73.6 Å². The number of aromatic nitrogens is 19. The molecule has 8 aliphatic rings. The van der Waals surface area contributed by atoms with Gasteiger partial charge in [-0.3, -0.25) is 65.7 Å². The lowest BCUT2D eigenvalue weighted by Crippen LogP contribution is -2.49. The fourth-order valence-corrected chi connectivity index (χ4v) is 20.3. The Morgan fingerprint density at radius 3 is 1.38 bits per heavy atom. The number of aliphatic hydroxyl groups excluding tert-OH is 1. The number of hydrogen-bond acceptors (Lipinski definition) is 28. The van der Waals surface area contributed by atoms with E-state index >= 15 is 0 Å². The van der Waals surface area contributed by atoms with Gasteiger partial charge >= 0.3 is 0 Å². The van der Waals surface area contributed by atoms with Gasteiger partial charge in [0.05, 0.1) is 188 Å². The second-order valence-corrected chi connectivity index (χ2v) is 35.9. The summed E-state index contributed by atoms with van der Waals surface area (Å²) in [6, 6.07) is 33.2. The van der Waals surface area contributed by atoms with Crippen molar-refractivity contribution in [1.29, 1.82) is 0 Å². The smallest absolute Gasteiger partial charge is 0.292 e. The van der Waals surface area contributed by atoms with Crippen LogP contribution >= 0.6 is 0 Å². The number of rotatable bonds is 14. The normalized spacial score (nSPS) is 17.7. The van der Waals surface area contributed by atoms with E-state index in [4.69, 9.17) is 44.0 Å². The van der Waals surface area contributed by atoms with E-state index in [9.17, 15) is 19.5 Å². The van der Waals surface area contributed by atoms with E-state index in [1.54, 1.807) is 57.6 Å². The van der Waals surface area contributed by atoms with Crippen LogP contribution in [0.1, 0.15) is 85.1 Å². The number of benzene rings is 2. The number of imidazole rings is 5. The van der Waals surface area contributed by atoms with Crippen LogP contribution in [0.2, 0.25) is 0 Å². The molecule has 7 saturated heterocycles. The van der Waals surface area contributed by atoms with Crippen LogP contribution in [0, 0.1) is 6.92 Å². The minimum Gasteiger partial charge on any atom is -0.424 e. The molecule has 3 amide bonds. The molecule has 19 aromatic rings. The zero-order valence-electron chi connectivity index (χ0n) is 77.5. The van der Waals surface area contributed by atoms with E-state index in [1.807, 2.05) is 178 Å². The molecule has 2 aromatic carbocycles. The van der Waals surface area contributed by atoms with Crippen molar-refractivity contribution in [2.45, 2.75) is 69.9 Å². The van der Waals surface area contributed by atoms with Crippen molar-refractivity contribution in [3.05, 3.63) is 261 Å². The van der Waals surface area contributed by atoms with Crippen LogP contribution in [-0.4, -0.2) is 281 Å². The molecule has 4 unspecified atom stereocenters. The van der Waals surface area contributed by atoms with Crippen molar-refractivity contribution < 1.29 is 52.0 Å². The monoisotopic (exact) mass is 1890 g/mol. The predicted molar refractivity (Wildman–Crippen MR) is 528 cm³/mol. The second-order valence-electron chi connectivity index (χ2n) is 35.9. The van der Waals surface area contributed by atoms with Crippen molar-refractivity contribution in [3.8, 4) is 55.9 Å². The lowest BCUT2D eigenvalue weighted by atomic mass is 9.99. The number of anilines is 2. The maximum atomic E-state index is 13.4. The Morgan fingerprint density at radius 2 is 0.865 bits per heavy atom. The third-order valence-corrected chi connectivity index (χ3v) is 27.7. The number of carbonyl (C=O) groups excluding carboxylic acids is 3. The molecule has 0 saturated carbocycles. The van der Waals surface area contributed by atoms with Crippen molar-refractivity contribution >= 4 is 120 Å². The van der Waals surface area contributed by atoms with Gasteiger partial charge in [0, 0.05) is 197 Å². The number of carbonyl (C=O) groups is 3. The van der Waals surface area contributed by atoms with Gasteiger partial charge in [0.25, 0.3) is 29.8 Å². The maximum Gasteiger partial charge on any atom is 0.292 e. The highest BCUT2D eigenvalue weighted by Crippen LogP contribution is 2.40. The van der Waals surface area contributed by atoms with Crippen LogP contribution in [-0.2, 0) is 43.8 Å². The lowest BCUT2D eigenvalue weighted by molar-refractivity contribution is -0.00752. The SMILES string of the molecule is C=C(c1ccc2ncc(-c3ccc4oc(N)nc4c3)n2c1)N1C2CCC1COC2.C=C(c1ccc2ncc(-c3ccc4oc(N)nc4c3)n2c1)N1CCOCC1.Cc1ncc(-c2ccc3ncc(C(=O)N4C5CCC4COC5)n3c2)c2c1CN=C2.Cn1ncc2c(-c3ccc4ncc(C(=O)N5CCOCC5)n4c3)cncc21.O=C(c1cnc2ccc(-c3cncc4c3cnn4CCO)cn12)N1CCOCC1. The van der Waals surface area contributed by atoms with Crippen LogP contribution in [0.4, 0.5) is 12.0 Å². The predicted octanol–water partition coefficient (Wildman–Crippen LogP) is 12.2. The number of aryl methyl sites for hydroxylation is 2. The fraction of sp³-hybridized carbons (Fsp3) is 0.282. The average Bonchev–Trinajstić information content (AvgIpc) is 1.65. The van der Waals surface area contributed by atoms with Gasteiger partial charge in [-0.05, 0) is 130 Å². The molecule has 141 heavy (non-hydrogen) atoms. The molecule has 7 fully saturated rings. The molecular weight excluding hydrogens is 1790 g/mol. The minimum absolute atomic E-state index is 0.00894. The molecule has 38 nitrogen and oxygen atoms in total. The van der Waals surface area contributed by atoms with Crippen LogP contribution in [0.5, 0.6) is 0 Å². The number of nitrogens with zero attached hydrogens (tertiary/aromatic N) is 25. The first kappa shape index (κ1) is 88.7. The third kappa shape index (κ3) is 16.9. The van der Waals surface area contributed by atoms with E-state index in [-0.39, 0.29) is 48.4 Å². The highest BCUT2D eigenvalue weighted by atomic mass is 16.5. The third-order valence-electron chi connectivity index (χ3n) is 27.7. The first-order valence-electron chi connectivity index (χ1n) is 47.1. The average molecular weight is 1890 g/mol. The van der Waals surface area contributed by atoms with E-state index in [0.29, 0.717) is 125 Å². The molecule has 0 radical (unpaired) electrons. The Hall–Kier alpha value is -16.3. The topological polar surface area (TPSA) is 411 Å². The number of nitrogen functional groups attached to an aromatic ring is 2.